The predicted molar refractivity (Wildman–Crippen MR) is 129 cm³/mol. The molecule has 166 valence electrons. The lowest BCUT2D eigenvalue weighted by molar-refractivity contribution is 0.224. The van der Waals surface area contributed by atoms with Gasteiger partial charge < -0.3 is 4.74 Å². The maximum atomic E-state index is 5.50. The molecule has 5 rings (SSSR count). The second-order valence-electron chi connectivity index (χ2n) is 8.36. The second kappa shape index (κ2) is 10.0. The van der Waals surface area contributed by atoms with Crippen molar-refractivity contribution in [1.82, 2.24) is 19.6 Å². The zero-order valence-corrected chi connectivity index (χ0v) is 19.6. The lowest BCUT2D eigenvalue weighted by Gasteiger charge is -2.27. The van der Waals surface area contributed by atoms with Crippen molar-refractivity contribution >= 4 is 24.8 Å². The third-order valence-corrected chi connectivity index (χ3v) is 6.54. The highest BCUT2D eigenvalue weighted by atomic mass is 35.5. The Hall–Kier alpha value is -2.05. The van der Waals surface area contributed by atoms with Gasteiger partial charge in [0.1, 0.15) is 5.75 Å². The molecule has 0 amide bonds. The van der Waals surface area contributed by atoms with Gasteiger partial charge in [-0.1, -0.05) is 30.3 Å². The Morgan fingerprint density at radius 3 is 2.52 bits per heavy atom. The number of rotatable bonds is 5. The van der Waals surface area contributed by atoms with Crippen LogP contribution in [0.3, 0.4) is 0 Å². The van der Waals surface area contributed by atoms with Crippen LogP contribution in [0.5, 0.6) is 5.75 Å². The van der Waals surface area contributed by atoms with E-state index in [2.05, 4.69) is 64.4 Å². The molecule has 0 N–H and O–H groups in total. The average molecular weight is 461 g/mol. The number of ether oxygens (including phenoxy) is 1. The van der Waals surface area contributed by atoms with Crippen molar-refractivity contribution in [3.63, 3.8) is 0 Å². The molecule has 3 aromatic rings. The van der Waals surface area contributed by atoms with Gasteiger partial charge in [-0.15, -0.1) is 24.8 Å². The van der Waals surface area contributed by atoms with E-state index in [-0.39, 0.29) is 24.8 Å². The van der Waals surface area contributed by atoms with Gasteiger partial charge in [-0.25, -0.2) is 4.68 Å². The van der Waals surface area contributed by atoms with Crippen LogP contribution in [0.2, 0.25) is 0 Å². The Balaban J connectivity index is 0.00000136. The number of benzene rings is 2. The number of hydrogen-bond donors (Lipinski definition) is 0. The van der Waals surface area contributed by atoms with Crippen LogP contribution in [0.1, 0.15) is 17.2 Å². The molecular weight excluding hydrogens is 431 g/mol. The number of hydrogen-bond acceptors (Lipinski definition) is 4. The van der Waals surface area contributed by atoms with Gasteiger partial charge in [0.15, 0.2) is 0 Å². The summed E-state index contributed by atoms with van der Waals surface area (Å²) in [6, 6.07) is 19.8. The van der Waals surface area contributed by atoms with Gasteiger partial charge in [0.2, 0.25) is 0 Å². The Labute approximate surface area is 196 Å². The van der Waals surface area contributed by atoms with Crippen LogP contribution in [0, 0.1) is 11.8 Å². The fraction of sp³-hybridized carbons (Fsp3) is 0.375. The Morgan fingerprint density at radius 1 is 1.00 bits per heavy atom. The second-order valence-corrected chi connectivity index (χ2v) is 8.36. The van der Waals surface area contributed by atoms with E-state index in [1.54, 1.807) is 7.11 Å². The maximum absolute atomic E-state index is 5.50. The number of likely N-dealkylation sites (tertiary alicyclic amines) is 2. The fourth-order valence-corrected chi connectivity index (χ4v) is 5.32. The molecule has 0 saturated carbocycles. The average Bonchev–Trinajstić information content (AvgIpc) is 3.45. The van der Waals surface area contributed by atoms with Crippen molar-refractivity contribution in [2.24, 2.45) is 11.8 Å². The fourth-order valence-electron chi connectivity index (χ4n) is 5.32. The molecule has 2 fully saturated rings. The number of aromatic nitrogens is 2. The molecule has 2 aliphatic rings. The molecule has 0 bridgehead atoms. The molecule has 5 nitrogen and oxygen atoms in total. The lowest BCUT2D eigenvalue weighted by atomic mass is 9.90. The van der Waals surface area contributed by atoms with Crippen molar-refractivity contribution in [3.05, 3.63) is 78.1 Å². The van der Waals surface area contributed by atoms with Crippen LogP contribution < -0.4 is 4.74 Å². The van der Waals surface area contributed by atoms with E-state index in [1.807, 2.05) is 29.2 Å². The van der Waals surface area contributed by atoms with Crippen molar-refractivity contribution in [2.45, 2.75) is 12.6 Å². The molecular formula is C24H30Cl2N4O. The highest BCUT2D eigenvalue weighted by molar-refractivity contribution is 5.85. The summed E-state index contributed by atoms with van der Waals surface area (Å²) < 4.78 is 7.45. The first-order valence-electron chi connectivity index (χ1n) is 10.4. The maximum Gasteiger partial charge on any atom is 0.119 e. The quantitative estimate of drug-likeness (QED) is 0.562. The largest absolute Gasteiger partial charge is 0.497 e. The minimum absolute atomic E-state index is 0. The predicted octanol–water partition coefficient (Wildman–Crippen LogP) is 4.46. The van der Waals surface area contributed by atoms with Crippen molar-refractivity contribution < 1.29 is 4.74 Å². The number of fused-ring (bicyclic) bond motifs is 1. The van der Waals surface area contributed by atoms with Gasteiger partial charge in [0.25, 0.3) is 0 Å². The van der Waals surface area contributed by atoms with E-state index >= 15 is 0 Å². The minimum atomic E-state index is 0. The lowest BCUT2D eigenvalue weighted by Crippen LogP contribution is -2.29. The standard InChI is InChI=1S/C24H28N4O.2ClH/c1-26-14-20-16-27(17-22(20)24(26)18-7-4-3-5-8-18)15-19-13-21(29-2)9-10-23(19)28-12-6-11-25-28;;/h3-13,20,22,24H,14-17H2,1-2H3;2*1H/t20-,22+,24-;;/m0../s1. The zero-order chi connectivity index (χ0) is 19.8. The topological polar surface area (TPSA) is 33.5 Å². The third kappa shape index (κ3) is 4.60. The number of methoxy groups -OCH3 is 1. The van der Waals surface area contributed by atoms with Gasteiger partial charge in [0.05, 0.1) is 12.8 Å². The summed E-state index contributed by atoms with van der Waals surface area (Å²) in [7, 11) is 4.01. The molecule has 1 aromatic heterocycles. The Morgan fingerprint density at radius 2 is 1.81 bits per heavy atom. The highest BCUT2D eigenvalue weighted by Gasteiger charge is 2.45. The van der Waals surface area contributed by atoms with Gasteiger partial charge in [-0.2, -0.15) is 5.10 Å². The van der Waals surface area contributed by atoms with Gasteiger partial charge >= 0.3 is 0 Å². The van der Waals surface area contributed by atoms with Gasteiger partial charge in [0, 0.05) is 44.6 Å². The summed E-state index contributed by atoms with van der Waals surface area (Å²) in [6.07, 6.45) is 3.83. The molecule has 31 heavy (non-hydrogen) atoms. The van der Waals surface area contributed by atoms with E-state index in [0.717, 1.165) is 37.0 Å². The molecule has 2 aliphatic heterocycles. The molecule has 0 spiro atoms. The zero-order valence-electron chi connectivity index (χ0n) is 17.9. The summed E-state index contributed by atoms with van der Waals surface area (Å²) in [5, 5.41) is 4.45. The van der Waals surface area contributed by atoms with E-state index < -0.39 is 0 Å². The summed E-state index contributed by atoms with van der Waals surface area (Å²) in [5.41, 5.74) is 3.84. The van der Waals surface area contributed by atoms with E-state index in [1.165, 1.54) is 17.7 Å². The molecule has 2 saturated heterocycles. The molecule has 3 atom stereocenters. The SMILES string of the molecule is COc1ccc(-n2cccn2)c(CN2C[C@@H]3CN(C)[C@@H](c4ccccc4)[C@@H]3C2)c1.Cl.Cl. The normalized spacial score (nSPS) is 23.1. The first-order valence-corrected chi connectivity index (χ1v) is 10.4. The summed E-state index contributed by atoms with van der Waals surface area (Å²) in [4.78, 5) is 5.16. The summed E-state index contributed by atoms with van der Waals surface area (Å²) in [6.45, 7) is 4.37. The van der Waals surface area contributed by atoms with Gasteiger partial charge in [-0.3, -0.25) is 9.80 Å². The van der Waals surface area contributed by atoms with Crippen LogP contribution in [0.15, 0.2) is 67.0 Å². The van der Waals surface area contributed by atoms with Crippen LogP contribution in [0.4, 0.5) is 0 Å². The third-order valence-electron chi connectivity index (χ3n) is 6.54. The summed E-state index contributed by atoms with van der Waals surface area (Å²) >= 11 is 0. The molecule has 0 unspecified atom stereocenters. The van der Waals surface area contributed by atoms with Crippen LogP contribution >= 0.6 is 24.8 Å². The van der Waals surface area contributed by atoms with E-state index in [4.69, 9.17) is 4.74 Å². The van der Waals surface area contributed by atoms with E-state index in [0.29, 0.717) is 12.0 Å². The van der Waals surface area contributed by atoms with Crippen molar-refractivity contribution in [1.29, 1.82) is 0 Å². The summed E-state index contributed by atoms with van der Waals surface area (Å²) in [5.74, 6) is 2.31. The molecule has 7 heteroatoms. The van der Waals surface area contributed by atoms with Crippen LogP contribution in [0.25, 0.3) is 5.69 Å². The molecule has 2 aromatic carbocycles. The Kier molecular flexibility index (Phi) is 7.65. The molecule has 0 radical (unpaired) electrons. The highest BCUT2D eigenvalue weighted by Crippen LogP contribution is 2.44. The number of halogens is 2. The van der Waals surface area contributed by atoms with Crippen LogP contribution in [-0.4, -0.2) is 53.4 Å². The monoisotopic (exact) mass is 460 g/mol. The first kappa shape index (κ1) is 23.6. The van der Waals surface area contributed by atoms with E-state index in [9.17, 15) is 0 Å². The van der Waals surface area contributed by atoms with Gasteiger partial charge in [-0.05, 0) is 54.3 Å². The Bertz CT molecular complexity index is 967. The van der Waals surface area contributed by atoms with Crippen molar-refractivity contribution in [2.75, 3.05) is 33.8 Å². The molecule has 0 aliphatic carbocycles. The number of nitrogens with zero attached hydrogens (tertiary/aromatic N) is 4. The molecule has 3 heterocycles. The van der Waals surface area contributed by atoms with Crippen molar-refractivity contribution in [3.8, 4) is 11.4 Å². The smallest absolute Gasteiger partial charge is 0.119 e. The van der Waals surface area contributed by atoms with Crippen LogP contribution in [-0.2, 0) is 6.54 Å². The minimum Gasteiger partial charge on any atom is -0.497 e. The first-order chi connectivity index (χ1) is 14.2.